The first-order valence-electron chi connectivity index (χ1n) is 6.75. The van der Waals surface area contributed by atoms with E-state index in [-0.39, 0.29) is 22.6 Å². The molecule has 0 spiro atoms. The van der Waals surface area contributed by atoms with Gasteiger partial charge in [0.2, 0.25) is 11.8 Å². The Morgan fingerprint density at radius 3 is 2.70 bits per heavy atom. The lowest BCUT2D eigenvalue weighted by molar-refractivity contribution is -0.145. The maximum Gasteiger partial charge on any atom is 0.326 e. The van der Waals surface area contributed by atoms with Crippen LogP contribution in [0.15, 0.2) is 0 Å². The van der Waals surface area contributed by atoms with E-state index in [2.05, 4.69) is 5.32 Å². The number of carbonyl (C=O) groups excluding carboxylic acids is 2. The van der Waals surface area contributed by atoms with Crippen LogP contribution in [0.2, 0.25) is 0 Å². The third kappa shape index (κ3) is 2.51. The van der Waals surface area contributed by atoms with E-state index >= 15 is 0 Å². The zero-order valence-electron chi connectivity index (χ0n) is 11.9. The highest BCUT2D eigenvalue weighted by molar-refractivity contribution is 8.01. The number of aliphatic carboxylic acids is 1. The number of carboxylic acids is 1. The van der Waals surface area contributed by atoms with Gasteiger partial charge in [-0.05, 0) is 19.3 Å². The minimum absolute atomic E-state index is 0.0194. The average Bonchev–Trinajstić information content (AvgIpc) is 2.83. The zero-order valence-corrected chi connectivity index (χ0v) is 12.7. The third-order valence-corrected chi connectivity index (χ3v) is 5.48. The predicted octanol–water partition coefficient (Wildman–Crippen LogP) is 0.666. The number of rotatable bonds is 4. The van der Waals surface area contributed by atoms with Crippen molar-refractivity contribution in [3.8, 4) is 0 Å². The van der Waals surface area contributed by atoms with Crippen molar-refractivity contribution < 1.29 is 19.5 Å². The molecular weight excluding hydrogens is 280 g/mol. The van der Waals surface area contributed by atoms with Crippen LogP contribution < -0.4 is 5.32 Å². The first-order valence-corrected chi connectivity index (χ1v) is 7.74. The molecule has 3 atom stereocenters. The van der Waals surface area contributed by atoms with Gasteiger partial charge >= 0.3 is 5.97 Å². The Morgan fingerprint density at radius 2 is 2.15 bits per heavy atom. The number of hydrogen-bond acceptors (Lipinski definition) is 4. The molecule has 0 aromatic rings. The number of thioether (sulfide) groups is 1. The summed E-state index contributed by atoms with van der Waals surface area (Å²) >= 11 is 1.60. The fourth-order valence-corrected chi connectivity index (χ4v) is 4.21. The van der Waals surface area contributed by atoms with E-state index < -0.39 is 18.1 Å². The molecule has 2 fully saturated rings. The third-order valence-electron chi connectivity index (χ3n) is 3.98. The number of nitrogens with zero attached hydrogens (tertiary/aromatic N) is 1. The molecule has 20 heavy (non-hydrogen) atoms. The molecule has 7 heteroatoms. The van der Waals surface area contributed by atoms with Crippen molar-refractivity contribution in [2.75, 3.05) is 5.75 Å². The van der Waals surface area contributed by atoms with Gasteiger partial charge in [0.1, 0.15) is 12.1 Å². The van der Waals surface area contributed by atoms with Crippen LogP contribution in [0.1, 0.15) is 33.6 Å². The van der Waals surface area contributed by atoms with Crippen molar-refractivity contribution in [2.24, 2.45) is 5.92 Å². The van der Waals surface area contributed by atoms with Gasteiger partial charge in [0, 0.05) is 12.2 Å². The second-order valence-electron chi connectivity index (χ2n) is 5.83. The molecule has 2 N–H and O–H groups in total. The second-order valence-corrected chi connectivity index (χ2v) is 7.34. The fourth-order valence-electron chi connectivity index (χ4n) is 2.78. The lowest BCUT2D eigenvalue weighted by Crippen LogP contribution is -2.54. The highest BCUT2D eigenvalue weighted by Crippen LogP contribution is 2.47. The number of fused-ring (bicyclic) bond motifs is 1. The highest BCUT2D eigenvalue weighted by Gasteiger charge is 2.53. The molecule has 0 radical (unpaired) electrons. The summed E-state index contributed by atoms with van der Waals surface area (Å²) in [5.41, 5.74) is 0. The van der Waals surface area contributed by atoms with E-state index in [9.17, 15) is 14.4 Å². The first-order chi connectivity index (χ1) is 9.26. The Labute approximate surface area is 122 Å². The van der Waals surface area contributed by atoms with Gasteiger partial charge in [0.15, 0.2) is 0 Å². The van der Waals surface area contributed by atoms with Crippen LogP contribution in [-0.2, 0) is 14.4 Å². The SMILES string of the molecule is CC(C)[C@@H](NC(=O)C1CSC2(C)CCC(=O)N12)C(=O)O. The molecule has 2 aliphatic rings. The van der Waals surface area contributed by atoms with E-state index in [0.717, 1.165) is 6.42 Å². The molecule has 6 nitrogen and oxygen atoms in total. The van der Waals surface area contributed by atoms with E-state index in [0.29, 0.717) is 12.2 Å². The zero-order chi connectivity index (χ0) is 15.1. The van der Waals surface area contributed by atoms with Gasteiger partial charge in [0.25, 0.3) is 0 Å². The largest absolute Gasteiger partial charge is 0.480 e. The Bertz CT molecular complexity index is 454. The quantitative estimate of drug-likeness (QED) is 0.797. The number of carbonyl (C=O) groups is 3. The van der Waals surface area contributed by atoms with Gasteiger partial charge in [-0.3, -0.25) is 9.59 Å². The van der Waals surface area contributed by atoms with Crippen molar-refractivity contribution in [1.82, 2.24) is 10.2 Å². The summed E-state index contributed by atoms with van der Waals surface area (Å²) in [5, 5.41) is 11.7. The molecular formula is C13H20N2O4S. The molecule has 2 heterocycles. The minimum Gasteiger partial charge on any atom is -0.480 e. The topological polar surface area (TPSA) is 86.7 Å². The van der Waals surface area contributed by atoms with Crippen molar-refractivity contribution in [1.29, 1.82) is 0 Å². The van der Waals surface area contributed by atoms with Crippen molar-refractivity contribution in [2.45, 2.75) is 50.6 Å². The summed E-state index contributed by atoms with van der Waals surface area (Å²) in [6, 6.07) is -1.47. The van der Waals surface area contributed by atoms with Crippen molar-refractivity contribution in [3.63, 3.8) is 0 Å². The van der Waals surface area contributed by atoms with Gasteiger partial charge < -0.3 is 15.3 Å². The molecule has 112 valence electrons. The second kappa shape index (κ2) is 5.27. The lowest BCUT2D eigenvalue weighted by atomic mass is 10.0. The lowest BCUT2D eigenvalue weighted by Gasteiger charge is -2.30. The Kier molecular flexibility index (Phi) is 4.00. The smallest absolute Gasteiger partial charge is 0.326 e. The molecule has 2 saturated heterocycles. The van der Waals surface area contributed by atoms with E-state index in [4.69, 9.17) is 5.11 Å². The Balaban J connectivity index is 2.10. The maximum absolute atomic E-state index is 12.3. The van der Waals surface area contributed by atoms with Gasteiger partial charge in [0.05, 0.1) is 4.87 Å². The molecule has 0 aromatic heterocycles. The normalized spacial score (nSPS) is 30.5. The Morgan fingerprint density at radius 1 is 1.50 bits per heavy atom. The number of hydrogen-bond donors (Lipinski definition) is 2. The van der Waals surface area contributed by atoms with Gasteiger partial charge in [-0.2, -0.15) is 0 Å². The molecule has 0 aromatic carbocycles. The summed E-state index contributed by atoms with van der Waals surface area (Å²) in [6.45, 7) is 5.45. The molecule has 0 bridgehead atoms. The predicted molar refractivity (Wildman–Crippen MR) is 75.1 cm³/mol. The highest BCUT2D eigenvalue weighted by atomic mass is 32.2. The maximum atomic E-state index is 12.3. The van der Waals surface area contributed by atoms with Crippen LogP contribution in [0.3, 0.4) is 0 Å². The number of nitrogens with one attached hydrogen (secondary N) is 1. The van der Waals surface area contributed by atoms with Crippen molar-refractivity contribution in [3.05, 3.63) is 0 Å². The monoisotopic (exact) mass is 300 g/mol. The minimum atomic E-state index is -1.05. The van der Waals surface area contributed by atoms with Gasteiger partial charge in [-0.15, -0.1) is 11.8 Å². The molecule has 0 saturated carbocycles. The Hall–Kier alpha value is -1.24. The number of carboxylic acid groups (broad SMARTS) is 1. The molecule has 2 unspecified atom stereocenters. The van der Waals surface area contributed by atoms with E-state index in [1.807, 2.05) is 6.92 Å². The van der Waals surface area contributed by atoms with Crippen LogP contribution in [0.25, 0.3) is 0 Å². The molecule has 0 aliphatic carbocycles. The fraction of sp³-hybridized carbons (Fsp3) is 0.769. The number of amides is 2. The first kappa shape index (κ1) is 15.2. The van der Waals surface area contributed by atoms with Crippen LogP contribution >= 0.6 is 11.8 Å². The molecule has 2 amide bonds. The summed E-state index contributed by atoms with van der Waals surface area (Å²) in [6.07, 6.45) is 1.20. The van der Waals surface area contributed by atoms with Gasteiger partial charge in [-0.25, -0.2) is 4.79 Å². The van der Waals surface area contributed by atoms with Crippen LogP contribution in [0, 0.1) is 5.92 Å². The summed E-state index contributed by atoms with van der Waals surface area (Å²) in [7, 11) is 0. The van der Waals surface area contributed by atoms with Gasteiger partial charge in [-0.1, -0.05) is 13.8 Å². The molecule has 2 aliphatic heterocycles. The summed E-state index contributed by atoms with van der Waals surface area (Å²) in [4.78, 5) is 36.7. The summed E-state index contributed by atoms with van der Waals surface area (Å²) < 4.78 is 0. The van der Waals surface area contributed by atoms with E-state index in [1.165, 1.54) is 0 Å². The van der Waals surface area contributed by atoms with E-state index in [1.54, 1.807) is 30.5 Å². The summed E-state index contributed by atoms with van der Waals surface area (Å²) in [5.74, 6) is -1.11. The van der Waals surface area contributed by atoms with Crippen LogP contribution in [0.5, 0.6) is 0 Å². The van der Waals surface area contributed by atoms with Crippen LogP contribution in [0.4, 0.5) is 0 Å². The molecule has 2 rings (SSSR count). The standard InChI is InChI=1S/C13H20N2O4S/c1-7(2)10(12(18)19)14-11(17)8-6-20-13(3)5-4-9(16)15(8)13/h7-8,10H,4-6H2,1-3H3,(H,14,17)(H,18,19)/t8?,10-,13?/m1/s1. The average molecular weight is 300 g/mol. The van der Waals surface area contributed by atoms with Crippen LogP contribution in [-0.4, -0.2) is 50.5 Å². The van der Waals surface area contributed by atoms with Crippen molar-refractivity contribution >= 4 is 29.5 Å².